The molecule has 0 saturated heterocycles. The van der Waals surface area contributed by atoms with Gasteiger partial charge in [-0.05, 0) is 47.7 Å². The van der Waals surface area contributed by atoms with E-state index in [2.05, 4.69) is 32.0 Å². The molecule has 0 aliphatic carbocycles. The standard InChI is InChI=1S/C21H22O3/c1-4-14-11-12-15(5-2)19-18(14)13-16-9-7-8-10-17(16)20(19)24-21(22)23-6-3/h7-13H,4-6H2,1-3H3. The van der Waals surface area contributed by atoms with Crippen molar-refractivity contribution in [3.63, 3.8) is 0 Å². The smallest absolute Gasteiger partial charge is 0.434 e. The van der Waals surface area contributed by atoms with Crippen LogP contribution >= 0.6 is 0 Å². The Morgan fingerprint density at radius 3 is 2.33 bits per heavy atom. The summed E-state index contributed by atoms with van der Waals surface area (Å²) in [7, 11) is 0. The minimum absolute atomic E-state index is 0.294. The summed E-state index contributed by atoms with van der Waals surface area (Å²) >= 11 is 0. The first-order valence-electron chi connectivity index (χ1n) is 8.50. The molecule has 24 heavy (non-hydrogen) atoms. The van der Waals surface area contributed by atoms with Gasteiger partial charge in [-0.15, -0.1) is 0 Å². The molecule has 3 heteroatoms. The second-order valence-corrected chi connectivity index (χ2v) is 5.73. The van der Waals surface area contributed by atoms with E-state index < -0.39 is 6.16 Å². The zero-order chi connectivity index (χ0) is 17.1. The molecule has 3 rings (SSSR count). The molecule has 0 fully saturated rings. The SMILES string of the molecule is CCOC(=O)Oc1c2ccccc2cc2c(CC)ccc(CC)c12. The van der Waals surface area contributed by atoms with Crippen LogP contribution in [0.1, 0.15) is 31.9 Å². The molecular formula is C21H22O3. The molecular weight excluding hydrogens is 300 g/mol. The molecule has 124 valence electrons. The fourth-order valence-corrected chi connectivity index (χ4v) is 3.20. The zero-order valence-electron chi connectivity index (χ0n) is 14.4. The van der Waals surface area contributed by atoms with Crippen LogP contribution in [0.25, 0.3) is 21.5 Å². The van der Waals surface area contributed by atoms with Crippen LogP contribution in [-0.2, 0) is 17.6 Å². The maximum Gasteiger partial charge on any atom is 0.513 e. The third-order valence-electron chi connectivity index (χ3n) is 4.36. The second kappa shape index (κ2) is 6.91. The first kappa shape index (κ1) is 16.3. The van der Waals surface area contributed by atoms with E-state index in [1.165, 1.54) is 11.1 Å². The lowest BCUT2D eigenvalue weighted by Crippen LogP contribution is -2.11. The Morgan fingerprint density at radius 2 is 1.62 bits per heavy atom. The van der Waals surface area contributed by atoms with Crippen molar-refractivity contribution in [1.82, 2.24) is 0 Å². The molecule has 0 saturated carbocycles. The van der Waals surface area contributed by atoms with Gasteiger partial charge in [0.05, 0.1) is 6.61 Å². The summed E-state index contributed by atoms with van der Waals surface area (Å²) < 4.78 is 10.7. The Hall–Kier alpha value is -2.55. The highest BCUT2D eigenvalue weighted by molar-refractivity contribution is 6.08. The maximum absolute atomic E-state index is 12.0. The van der Waals surface area contributed by atoms with Gasteiger partial charge in [-0.3, -0.25) is 0 Å². The fraction of sp³-hybridized carbons (Fsp3) is 0.286. The van der Waals surface area contributed by atoms with Crippen molar-refractivity contribution in [3.05, 3.63) is 53.6 Å². The fourth-order valence-electron chi connectivity index (χ4n) is 3.20. The van der Waals surface area contributed by atoms with Gasteiger partial charge in [-0.25, -0.2) is 4.79 Å². The molecule has 0 aliphatic heterocycles. The summed E-state index contributed by atoms with van der Waals surface area (Å²) in [6.07, 6.45) is 1.15. The molecule has 3 nitrogen and oxygen atoms in total. The largest absolute Gasteiger partial charge is 0.513 e. The number of aryl methyl sites for hydroxylation is 2. The van der Waals surface area contributed by atoms with E-state index in [0.717, 1.165) is 34.4 Å². The lowest BCUT2D eigenvalue weighted by atomic mass is 9.93. The first-order valence-corrected chi connectivity index (χ1v) is 8.50. The molecule has 0 N–H and O–H groups in total. The molecule has 0 aromatic heterocycles. The monoisotopic (exact) mass is 322 g/mol. The van der Waals surface area contributed by atoms with Crippen LogP contribution in [0, 0.1) is 0 Å². The van der Waals surface area contributed by atoms with Crippen molar-refractivity contribution >= 4 is 27.7 Å². The lowest BCUT2D eigenvalue weighted by molar-refractivity contribution is 0.105. The highest BCUT2D eigenvalue weighted by Crippen LogP contribution is 2.39. The van der Waals surface area contributed by atoms with E-state index in [4.69, 9.17) is 9.47 Å². The van der Waals surface area contributed by atoms with E-state index >= 15 is 0 Å². The van der Waals surface area contributed by atoms with Crippen molar-refractivity contribution < 1.29 is 14.3 Å². The predicted octanol–water partition coefficient (Wildman–Crippen LogP) is 5.65. The van der Waals surface area contributed by atoms with Gasteiger partial charge in [-0.1, -0.05) is 50.2 Å². The number of ether oxygens (including phenoxy) is 2. The van der Waals surface area contributed by atoms with Crippen molar-refractivity contribution in [2.24, 2.45) is 0 Å². The van der Waals surface area contributed by atoms with E-state index in [0.29, 0.717) is 12.4 Å². The number of hydrogen-bond donors (Lipinski definition) is 0. The van der Waals surface area contributed by atoms with E-state index in [1.54, 1.807) is 6.92 Å². The molecule has 0 unspecified atom stereocenters. The molecule has 0 atom stereocenters. The van der Waals surface area contributed by atoms with Gasteiger partial charge in [0, 0.05) is 10.8 Å². The van der Waals surface area contributed by atoms with Crippen LogP contribution in [0.3, 0.4) is 0 Å². The normalized spacial score (nSPS) is 11.0. The number of carbonyl (C=O) groups excluding carboxylic acids is 1. The van der Waals surface area contributed by atoms with Crippen molar-refractivity contribution in [2.45, 2.75) is 33.6 Å². The number of hydrogen-bond acceptors (Lipinski definition) is 3. The van der Waals surface area contributed by atoms with Gasteiger partial charge in [0.15, 0.2) is 0 Å². The van der Waals surface area contributed by atoms with Crippen molar-refractivity contribution in [1.29, 1.82) is 0 Å². The molecule has 0 spiro atoms. The van der Waals surface area contributed by atoms with Crippen LogP contribution in [0.5, 0.6) is 5.75 Å². The highest BCUT2D eigenvalue weighted by Gasteiger charge is 2.17. The molecule has 0 heterocycles. The van der Waals surface area contributed by atoms with Crippen molar-refractivity contribution in [2.75, 3.05) is 6.61 Å². The van der Waals surface area contributed by atoms with Gasteiger partial charge < -0.3 is 9.47 Å². The highest BCUT2D eigenvalue weighted by atomic mass is 16.7. The Labute approximate surface area is 142 Å². The minimum Gasteiger partial charge on any atom is -0.434 e. The summed E-state index contributed by atoms with van der Waals surface area (Å²) in [5, 5.41) is 4.16. The van der Waals surface area contributed by atoms with Crippen molar-refractivity contribution in [3.8, 4) is 5.75 Å². The molecule has 0 aliphatic rings. The van der Waals surface area contributed by atoms with Crippen LogP contribution in [0.4, 0.5) is 4.79 Å². The maximum atomic E-state index is 12.0. The molecule has 3 aromatic carbocycles. The van der Waals surface area contributed by atoms with Crippen LogP contribution in [0.15, 0.2) is 42.5 Å². The average Bonchev–Trinajstić information content (AvgIpc) is 2.60. The zero-order valence-corrected chi connectivity index (χ0v) is 14.4. The third-order valence-corrected chi connectivity index (χ3v) is 4.36. The average molecular weight is 322 g/mol. The van der Waals surface area contributed by atoms with Crippen LogP contribution in [0.2, 0.25) is 0 Å². The van der Waals surface area contributed by atoms with Crippen LogP contribution < -0.4 is 4.74 Å². The summed E-state index contributed by atoms with van der Waals surface area (Å²) in [5.74, 6) is 0.605. The lowest BCUT2D eigenvalue weighted by Gasteiger charge is -2.16. The Kier molecular flexibility index (Phi) is 4.70. The molecule has 3 aromatic rings. The Morgan fingerprint density at radius 1 is 0.917 bits per heavy atom. The predicted molar refractivity (Wildman–Crippen MR) is 97.9 cm³/mol. The third kappa shape index (κ3) is 2.82. The van der Waals surface area contributed by atoms with Gasteiger partial charge in [0.1, 0.15) is 5.75 Å². The second-order valence-electron chi connectivity index (χ2n) is 5.73. The Bertz CT molecular complexity index is 896. The Balaban J connectivity index is 2.39. The number of benzene rings is 3. The number of carbonyl (C=O) groups is 1. The van der Waals surface area contributed by atoms with Gasteiger partial charge >= 0.3 is 6.16 Å². The van der Waals surface area contributed by atoms with Crippen LogP contribution in [-0.4, -0.2) is 12.8 Å². The number of fused-ring (bicyclic) bond motifs is 2. The topological polar surface area (TPSA) is 35.5 Å². The minimum atomic E-state index is -0.654. The summed E-state index contributed by atoms with van der Waals surface area (Å²) in [4.78, 5) is 12.0. The summed E-state index contributed by atoms with van der Waals surface area (Å²) in [6, 6.07) is 14.5. The van der Waals surface area contributed by atoms with E-state index in [-0.39, 0.29) is 0 Å². The van der Waals surface area contributed by atoms with E-state index in [9.17, 15) is 4.79 Å². The molecule has 0 amide bonds. The van der Waals surface area contributed by atoms with E-state index in [1.807, 2.05) is 24.3 Å². The molecule has 0 radical (unpaired) electrons. The first-order chi connectivity index (χ1) is 11.7. The van der Waals surface area contributed by atoms with Gasteiger partial charge in [0.25, 0.3) is 0 Å². The molecule has 0 bridgehead atoms. The summed E-state index contributed by atoms with van der Waals surface area (Å²) in [5.41, 5.74) is 2.42. The number of rotatable bonds is 4. The quantitative estimate of drug-likeness (QED) is 0.353. The summed E-state index contributed by atoms with van der Waals surface area (Å²) in [6.45, 7) is 6.32. The van der Waals surface area contributed by atoms with Gasteiger partial charge in [-0.2, -0.15) is 0 Å². The van der Waals surface area contributed by atoms with Gasteiger partial charge in [0.2, 0.25) is 0 Å².